The van der Waals surface area contributed by atoms with Crippen LogP contribution in [0.5, 0.6) is 0 Å². The van der Waals surface area contributed by atoms with Crippen molar-refractivity contribution >= 4 is 11.6 Å². The lowest BCUT2D eigenvalue weighted by Crippen LogP contribution is -2.35. The van der Waals surface area contributed by atoms with E-state index in [2.05, 4.69) is 5.32 Å². The Morgan fingerprint density at radius 1 is 1.53 bits per heavy atom. The number of hydrogen-bond donors (Lipinski definition) is 1. The number of nitrogens with one attached hydrogen (secondary N) is 1. The summed E-state index contributed by atoms with van der Waals surface area (Å²) in [6, 6.07) is 5.18. The molecule has 0 aliphatic carbocycles. The summed E-state index contributed by atoms with van der Waals surface area (Å²) >= 11 is 5.80. The third-order valence-electron chi connectivity index (χ3n) is 3.33. The number of hydrogen-bond acceptors (Lipinski definition) is 2. The molecule has 4 heteroatoms. The monoisotopic (exact) mass is 257 g/mol. The average molecular weight is 258 g/mol. The fraction of sp³-hybridized carbons (Fsp3) is 0.538. The maximum Gasteiger partial charge on any atom is 0.144 e. The first-order valence-electron chi connectivity index (χ1n) is 5.82. The molecule has 1 N–H and O–H groups in total. The second-order valence-corrected chi connectivity index (χ2v) is 5.13. The Morgan fingerprint density at radius 2 is 2.35 bits per heavy atom. The Kier molecular flexibility index (Phi) is 4.02. The lowest BCUT2D eigenvalue weighted by atomic mass is 9.81. The Labute approximate surface area is 106 Å². The molecule has 1 aromatic rings. The molecule has 1 heterocycles. The van der Waals surface area contributed by atoms with Crippen LogP contribution in [0.4, 0.5) is 4.39 Å². The number of rotatable bonds is 4. The molecule has 0 bridgehead atoms. The second-order valence-electron chi connectivity index (χ2n) is 4.72. The first kappa shape index (κ1) is 12.8. The minimum absolute atomic E-state index is 0.000270. The van der Waals surface area contributed by atoms with E-state index in [4.69, 9.17) is 16.3 Å². The van der Waals surface area contributed by atoms with Gasteiger partial charge in [0, 0.05) is 18.6 Å². The molecule has 0 radical (unpaired) electrons. The van der Waals surface area contributed by atoms with E-state index in [1.165, 1.54) is 0 Å². The van der Waals surface area contributed by atoms with Crippen molar-refractivity contribution in [2.24, 2.45) is 5.41 Å². The van der Waals surface area contributed by atoms with Gasteiger partial charge in [-0.1, -0.05) is 23.7 Å². The molecule has 1 atom stereocenters. The van der Waals surface area contributed by atoms with E-state index in [9.17, 15) is 4.39 Å². The van der Waals surface area contributed by atoms with Crippen LogP contribution in [0.25, 0.3) is 0 Å². The molecule has 0 saturated carbocycles. The topological polar surface area (TPSA) is 21.3 Å². The van der Waals surface area contributed by atoms with Crippen molar-refractivity contribution in [3.05, 3.63) is 34.6 Å². The predicted molar refractivity (Wildman–Crippen MR) is 66.9 cm³/mol. The van der Waals surface area contributed by atoms with Gasteiger partial charge in [0.25, 0.3) is 0 Å². The molecule has 0 spiro atoms. The molecule has 1 aliphatic rings. The van der Waals surface area contributed by atoms with E-state index < -0.39 is 0 Å². The van der Waals surface area contributed by atoms with E-state index in [1.54, 1.807) is 18.2 Å². The van der Waals surface area contributed by atoms with Crippen molar-refractivity contribution in [3.63, 3.8) is 0 Å². The SMILES string of the molecule is CNCC1(Cc2cccc(Cl)c2F)CCOC1. The van der Waals surface area contributed by atoms with Gasteiger partial charge in [-0.3, -0.25) is 0 Å². The molecule has 0 aromatic heterocycles. The minimum Gasteiger partial charge on any atom is -0.381 e. The van der Waals surface area contributed by atoms with Crippen LogP contribution in [0.3, 0.4) is 0 Å². The number of halogens is 2. The maximum atomic E-state index is 13.9. The van der Waals surface area contributed by atoms with Crippen LogP contribution in [0.1, 0.15) is 12.0 Å². The lowest BCUT2D eigenvalue weighted by molar-refractivity contribution is 0.150. The molecule has 2 nitrogen and oxygen atoms in total. The summed E-state index contributed by atoms with van der Waals surface area (Å²) in [5.74, 6) is -0.295. The highest BCUT2D eigenvalue weighted by atomic mass is 35.5. The zero-order chi connectivity index (χ0) is 12.3. The maximum absolute atomic E-state index is 13.9. The first-order chi connectivity index (χ1) is 8.17. The summed E-state index contributed by atoms with van der Waals surface area (Å²) in [5, 5.41) is 3.36. The average Bonchev–Trinajstić information content (AvgIpc) is 2.74. The third kappa shape index (κ3) is 2.79. The molecule has 0 amide bonds. The van der Waals surface area contributed by atoms with Crippen LogP contribution in [-0.4, -0.2) is 26.8 Å². The Bertz CT molecular complexity index is 391. The van der Waals surface area contributed by atoms with E-state index in [-0.39, 0.29) is 16.3 Å². The van der Waals surface area contributed by atoms with E-state index in [0.717, 1.165) is 19.6 Å². The summed E-state index contributed by atoms with van der Waals surface area (Å²) in [4.78, 5) is 0. The molecule has 17 heavy (non-hydrogen) atoms. The van der Waals surface area contributed by atoms with Crippen LogP contribution in [0, 0.1) is 11.2 Å². The van der Waals surface area contributed by atoms with E-state index >= 15 is 0 Å². The zero-order valence-corrected chi connectivity index (χ0v) is 10.7. The molecule has 2 rings (SSSR count). The second kappa shape index (κ2) is 5.34. The van der Waals surface area contributed by atoms with Gasteiger partial charge < -0.3 is 10.1 Å². The highest BCUT2D eigenvalue weighted by Gasteiger charge is 2.35. The summed E-state index contributed by atoms with van der Waals surface area (Å²) in [6.45, 7) is 2.27. The summed E-state index contributed by atoms with van der Waals surface area (Å²) in [5.41, 5.74) is 0.679. The molecule has 1 saturated heterocycles. The van der Waals surface area contributed by atoms with Gasteiger partial charge in [-0.15, -0.1) is 0 Å². The molecule has 1 aromatic carbocycles. The van der Waals surface area contributed by atoms with Crippen molar-refractivity contribution < 1.29 is 9.13 Å². The Hall–Kier alpha value is -0.640. The predicted octanol–water partition coefficient (Wildman–Crippen LogP) is 2.65. The number of benzene rings is 1. The van der Waals surface area contributed by atoms with Gasteiger partial charge in [-0.25, -0.2) is 4.39 Å². The van der Waals surface area contributed by atoms with Crippen LogP contribution < -0.4 is 5.32 Å². The van der Waals surface area contributed by atoms with Gasteiger partial charge in [-0.05, 0) is 31.5 Å². The number of ether oxygens (including phenoxy) is 1. The zero-order valence-electron chi connectivity index (χ0n) is 9.93. The summed E-state index contributed by atoms with van der Waals surface area (Å²) in [6.07, 6.45) is 1.63. The lowest BCUT2D eigenvalue weighted by Gasteiger charge is -2.27. The van der Waals surface area contributed by atoms with Crippen molar-refractivity contribution in [2.45, 2.75) is 12.8 Å². The van der Waals surface area contributed by atoms with Crippen molar-refractivity contribution in [2.75, 3.05) is 26.8 Å². The van der Waals surface area contributed by atoms with Gasteiger partial charge in [0.05, 0.1) is 11.6 Å². The van der Waals surface area contributed by atoms with Crippen LogP contribution in [0.2, 0.25) is 5.02 Å². The summed E-state index contributed by atoms with van der Waals surface area (Å²) in [7, 11) is 1.91. The molecule has 94 valence electrons. The van der Waals surface area contributed by atoms with E-state index in [0.29, 0.717) is 18.6 Å². The highest BCUT2D eigenvalue weighted by molar-refractivity contribution is 6.30. The molecular formula is C13H17ClFNO. The highest BCUT2D eigenvalue weighted by Crippen LogP contribution is 2.33. The standard InChI is InChI=1S/C13H17ClFNO/c1-16-8-13(5-6-17-9-13)7-10-3-2-4-11(14)12(10)15/h2-4,16H,5-9H2,1H3. The van der Waals surface area contributed by atoms with Crippen molar-refractivity contribution in [1.82, 2.24) is 5.32 Å². The summed E-state index contributed by atoms with van der Waals surface area (Å²) < 4.78 is 19.3. The van der Waals surface area contributed by atoms with Gasteiger partial charge in [0.15, 0.2) is 0 Å². The van der Waals surface area contributed by atoms with Gasteiger partial charge >= 0.3 is 0 Å². The van der Waals surface area contributed by atoms with Crippen LogP contribution in [0.15, 0.2) is 18.2 Å². The largest absolute Gasteiger partial charge is 0.381 e. The van der Waals surface area contributed by atoms with Gasteiger partial charge in [0.1, 0.15) is 5.82 Å². The fourth-order valence-corrected chi connectivity index (χ4v) is 2.65. The molecular weight excluding hydrogens is 241 g/mol. The first-order valence-corrected chi connectivity index (χ1v) is 6.20. The third-order valence-corrected chi connectivity index (χ3v) is 3.63. The minimum atomic E-state index is -0.295. The van der Waals surface area contributed by atoms with Crippen LogP contribution >= 0.6 is 11.6 Å². The van der Waals surface area contributed by atoms with E-state index in [1.807, 2.05) is 7.05 Å². The molecule has 1 aliphatic heterocycles. The Balaban J connectivity index is 2.20. The van der Waals surface area contributed by atoms with Crippen molar-refractivity contribution in [1.29, 1.82) is 0 Å². The molecule has 1 fully saturated rings. The van der Waals surface area contributed by atoms with Gasteiger partial charge in [-0.2, -0.15) is 0 Å². The smallest absolute Gasteiger partial charge is 0.144 e. The van der Waals surface area contributed by atoms with Crippen molar-refractivity contribution in [3.8, 4) is 0 Å². The van der Waals surface area contributed by atoms with Gasteiger partial charge in [0.2, 0.25) is 0 Å². The van der Waals surface area contributed by atoms with Crippen LogP contribution in [-0.2, 0) is 11.2 Å². The quantitative estimate of drug-likeness (QED) is 0.895. The fourth-order valence-electron chi connectivity index (χ4n) is 2.45. The molecule has 1 unspecified atom stereocenters. The Morgan fingerprint density at radius 3 is 3.00 bits per heavy atom. The normalized spacial score (nSPS) is 24.2.